The third-order valence-corrected chi connectivity index (χ3v) is 5.58. The standard InChI is InChI=1S/C15H23NO4/c17-13(12-8-10-1-2-11(12)7-10)16-9-15(14(18)19)3-5-20-6-4-15/h10-12H,1-9H2,(H,16,17)(H,18,19). The number of hydrogen-bond donors (Lipinski definition) is 2. The van der Waals surface area contributed by atoms with Crippen LogP contribution in [0.25, 0.3) is 0 Å². The average Bonchev–Trinajstić information content (AvgIpc) is 3.08. The van der Waals surface area contributed by atoms with Gasteiger partial charge in [-0.2, -0.15) is 0 Å². The van der Waals surface area contributed by atoms with Gasteiger partial charge < -0.3 is 15.2 Å². The molecule has 0 aromatic heterocycles. The van der Waals surface area contributed by atoms with Gasteiger partial charge in [0.2, 0.25) is 5.91 Å². The molecule has 0 aromatic carbocycles. The van der Waals surface area contributed by atoms with E-state index in [1.54, 1.807) is 0 Å². The molecule has 2 aliphatic carbocycles. The van der Waals surface area contributed by atoms with Crippen LogP contribution in [0.1, 0.15) is 38.5 Å². The zero-order valence-electron chi connectivity index (χ0n) is 11.8. The topological polar surface area (TPSA) is 75.6 Å². The van der Waals surface area contributed by atoms with Crippen molar-refractivity contribution in [3.8, 4) is 0 Å². The molecule has 3 fully saturated rings. The van der Waals surface area contributed by atoms with E-state index in [9.17, 15) is 14.7 Å². The molecule has 1 aliphatic heterocycles. The number of hydrogen-bond acceptors (Lipinski definition) is 3. The van der Waals surface area contributed by atoms with Crippen molar-refractivity contribution < 1.29 is 19.4 Å². The number of carbonyl (C=O) groups is 2. The number of fused-ring (bicyclic) bond motifs is 2. The molecule has 3 atom stereocenters. The molecule has 3 unspecified atom stereocenters. The monoisotopic (exact) mass is 281 g/mol. The van der Waals surface area contributed by atoms with Gasteiger partial charge in [0.25, 0.3) is 0 Å². The minimum atomic E-state index is -0.828. The Morgan fingerprint density at radius 3 is 2.50 bits per heavy atom. The summed E-state index contributed by atoms with van der Waals surface area (Å²) in [4.78, 5) is 23.8. The summed E-state index contributed by atoms with van der Waals surface area (Å²) in [6.07, 6.45) is 5.60. The summed E-state index contributed by atoms with van der Waals surface area (Å²) in [5.74, 6) is 0.653. The van der Waals surface area contributed by atoms with Gasteiger partial charge in [-0.3, -0.25) is 9.59 Å². The average molecular weight is 281 g/mol. The van der Waals surface area contributed by atoms with Crippen LogP contribution in [-0.4, -0.2) is 36.7 Å². The summed E-state index contributed by atoms with van der Waals surface area (Å²) >= 11 is 0. The molecule has 3 rings (SSSR count). The number of amides is 1. The van der Waals surface area contributed by atoms with Crippen LogP contribution in [0.3, 0.4) is 0 Å². The molecule has 0 radical (unpaired) electrons. The van der Waals surface area contributed by atoms with Gasteiger partial charge in [0.05, 0.1) is 5.41 Å². The molecule has 112 valence electrons. The van der Waals surface area contributed by atoms with Gasteiger partial charge in [-0.15, -0.1) is 0 Å². The molecular weight excluding hydrogens is 258 g/mol. The molecule has 2 saturated carbocycles. The molecule has 0 aromatic rings. The van der Waals surface area contributed by atoms with Gasteiger partial charge in [-0.05, 0) is 43.9 Å². The smallest absolute Gasteiger partial charge is 0.311 e. The van der Waals surface area contributed by atoms with Gasteiger partial charge in [0.15, 0.2) is 0 Å². The quantitative estimate of drug-likeness (QED) is 0.817. The van der Waals surface area contributed by atoms with Gasteiger partial charge in [-0.25, -0.2) is 0 Å². The SMILES string of the molecule is O=C(NCC1(C(=O)O)CCOCC1)C1CC2CCC1C2. The molecule has 0 spiro atoms. The maximum absolute atomic E-state index is 12.3. The van der Waals surface area contributed by atoms with Crippen molar-refractivity contribution in [3.63, 3.8) is 0 Å². The Morgan fingerprint density at radius 1 is 1.20 bits per heavy atom. The number of carboxylic acid groups (broad SMARTS) is 1. The Labute approximate surface area is 119 Å². The predicted molar refractivity (Wildman–Crippen MR) is 72.1 cm³/mol. The highest BCUT2D eigenvalue weighted by Crippen LogP contribution is 2.48. The zero-order valence-corrected chi connectivity index (χ0v) is 11.8. The molecule has 1 heterocycles. The van der Waals surface area contributed by atoms with E-state index < -0.39 is 11.4 Å². The maximum atomic E-state index is 12.3. The van der Waals surface area contributed by atoms with Crippen LogP contribution in [-0.2, 0) is 14.3 Å². The first-order valence-electron chi connectivity index (χ1n) is 7.69. The number of carbonyl (C=O) groups excluding carboxylic acids is 1. The zero-order chi connectivity index (χ0) is 14.2. The van der Waals surface area contributed by atoms with Crippen molar-refractivity contribution in [2.45, 2.75) is 38.5 Å². The van der Waals surface area contributed by atoms with Gasteiger partial charge in [0.1, 0.15) is 0 Å². The lowest BCUT2D eigenvalue weighted by Crippen LogP contribution is -2.48. The van der Waals surface area contributed by atoms with E-state index in [4.69, 9.17) is 4.74 Å². The first-order valence-corrected chi connectivity index (χ1v) is 7.69. The van der Waals surface area contributed by atoms with Gasteiger partial charge in [-0.1, -0.05) is 6.42 Å². The normalized spacial score (nSPS) is 34.9. The first kappa shape index (κ1) is 13.9. The van der Waals surface area contributed by atoms with E-state index in [1.165, 1.54) is 19.3 Å². The molecular formula is C15H23NO4. The predicted octanol–water partition coefficient (Wildman–Crippen LogP) is 1.42. The van der Waals surface area contributed by atoms with E-state index in [1.807, 2.05) is 0 Å². The molecule has 2 bridgehead atoms. The Hall–Kier alpha value is -1.10. The van der Waals surface area contributed by atoms with Crippen molar-refractivity contribution >= 4 is 11.9 Å². The molecule has 20 heavy (non-hydrogen) atoms. The lowest BCUT2D eigenvalue weighted by molar-refractivity contribution is -0.154. The maximum Gasteiger partial charge on any atom is 0.311 e. The second-order valence-electron chi connectivity index (χ2n) is 6.70. The third kappa shape index (κ3) is 2.43. The summed E-state index contributed by atoms with van der Waals surface area (Å²) in [6, 6.07) is 0. The van der Waals surface area contributed by atoms with Crippen molar-refractivity contribution in [3.05, 3.63) is 0 Å². The van der Waals surface area contributed by atoms with Crippen molar-refractivity contribution in [2.24, 2.45) is 23.2 Å². The first-order chi connectivity index (χ1) is 9.61. The van der Waals surface area contributed by atoms with Crippen LogP contribution in [0.5, 0.6) is 0 Å². The van der Waals surface area contributed by atoms with Crippen LogP contribution in [0.4, 0.5) is 0 Å². The Bertz CT molecular complexity index is 403. The highest BCUT2D eigenvalue weighted by Gasteiger charge is 2.45. The number of carboxylic acids is 1. The van der Waals surface area contributed by atoms with E-state index in [-0.39, 0.29) is 18.4 Å². The molecule has 3 aliphatic rings. The van der Waals surface area contributed by atoms with E-state index in [2.05, 4.69) is 5.32 Å². The number of rotatable bonds is 4. The van der Waals surface area contributed by atoms with Crippen LogP contribution in [0.15, 0.2) is 0 Å². The van der Waals surface area contributed by atoms with Crippen LogP contribution in [0.2, 0.25) is 0 Å². The number of nitrogens with one attached hydrogen (secondary N) is 1. The van der Waals surface area contributed by atoms with Crippen LogP contribution >= 0.6 is 0 Å². The summed E-state index contributed by atoms with van der Waals surface area (Å²) in [5.41, 5.74) is -0.828. The minimum absolute atomic E-state index is 0.0734. The minimum Gasteiger partial charge on any atom is -0.481 e. The van der Waals surface area contributed by atoms with E-state index >= 15 is 0 Å². The highest BCUT2D eigenvalue weighted by molar-refractivity contribution is 5.81. The van der Waals surface area contributed by atoms with Crippen LogP contribution in [0, 0.1) is 23.2 Å². The summed E-state index contributed by atoms with van der Waals surface area (Å²) in [7, 11) is 0. The lowest BCUT2D eigenvalue weighted by atomic mass is 9.80. The summed E-state index contributed by atoms with van der Waals surface area (Å²) < 4.78 is 5.25. The third-order valence-electron chi connectivity index (χ3n) is 5.58. The molecule has 2 N–H and O–H groups in total. The van der Waals surface area contributed by atoms with E-state index in [0.29, 0.717) is 32.0 Å². The number of aliphatic carboxylic acids is 1. The molecule has 1 saturated heterocycles. The fourth-order valence-electron chi connectivity index (χ4n) is 4.18. The van der Waals surface area contributed by atoms with Crippen LogP contribution < -0.4 is 5.32 Å². The number of ether oxygens (including phenoxy) is 1. The van der Waals surface area contributed by atoms with Gasteiger partial charge in [0, 0.05) is 25.7 Å². The second-order valence-corrected chi connectivity index (χ2v) is 6.70. The van der Waals surface area contributed by atoms with Crippen molar-refractivity contribution in [1.29, 1.82) is 0 Å². The highest BCUT2D eigenvalue weighted by atomic mass is 16.5. The summed E-state index contributed by atoms with van der Waals surface area (Å²) in [5, 5.41) is 12.4. The second kappa shape index (κ2) is 5.35. The van der Waals surface area contributed by atoms with Gasteiger partial charge >= 0.3 is 5.97 Å². The lowest BCUT2D eigenvalue weighted by Gasteiger charge is -2.33. The Morgan fingerprint density at radius 2 is 1.95 bits per heavy atom. The fraction of sp³-hybridized carbons (Fsp3) is 0.867. The molecule has 1 amide bonds. The Kier molecular flexibility index (Phi) is 3.71. The van der Waals surface area contributed by atoms with E-state index in [0.717, 1.165) is 12.3 Å². The van der Waals surface area contributed by atoms with Crippen molar-refractivity contribution in [2.75, 3.05) is 19.8 Å². The molecule has 5 nitrogen and oxygen atoms in total. The molecule has 5 heteroatoms. The largest absolute Gasteiger partial charge is 0.481 e. The Balaban J connectivity index is 1.57. The van der Waals surface area contributed by atoms with Crippen molar-refractivity contribution in [1.82, 2.24) is 5.32 Å². The fourth-order valence-corrected chi connectivity index (χ4v) is 4.18. The summed E-state index contributed by atoms with van der Waals surface area (Å²) in [6.45, 7) is 1.19.